The van der Waals surface area contributed by atoms with E-state index in [4.69, 9.17) is 0 Å². The first-order valence-corrected chi connectivity index (χ1v) is 3.51. The van der Waals surface area contributed by atoms with E-state index >= 15 is 0 Å². The third kappa shape index (κ3) is 0.747. The van der Waals surface area contributed by atoms with Crippen molar-refractivity contribution < 1.29 is 0 Å². The second-order valence-corrected chi connectivity index (χ2v) is 2.67. The number of hydrogen-bond donors (Lipinski definition) is 0. The van der Waals surface area contributed by atoms with Gasteiger partial charge in [0.15, 0.2) is 0 Å². The normalized spacial score (nSPS) is 21.1. The van der Waals surface area contributed by atoms with Crippen LogP contribution in [0.4, 0.5) is 0 Å². The van der Waals surface area contributed by atoms with E-state index in [1.54, 1.807) is 0 Å². The molecule has 50 valence electrons. The van der Waals surface area contributed by atoms with Crippen molar-refractivity contribution in [2.45, 2.75) is 6.92 Å². The van der Waals surface area contributed by atoms with Gasteiger partial charge in [0, 0.05) is 6.20 Å². The van der Waals surface area contributed by atoms with Crippen molar-refractivity contribution >= 4 is 12.2 Å². The van der Waals surface area contributed by atoms with Gasteiger partial charge in [0.05, 0.1) is 5.35 Å². The van der Waals surface area contributed by atoms with Crippen molar-refractivity contribution in [1.29, 1.82) is 0 Å². The van der Waals surface area contributed by atoms with Crippen molar-refractivity contribution in [3.05, 3.63) is 28.9 Å². The second kappa shape index (κ2) is 1.94. The molecule has 0 fully saturated rings. The predicted molar refractivity (Wildman–Crippen MR) is 41.6 cm³/mol. The van der Waals surface area contributed by atoms with Crippen LogP contribution in [0, 0.1) is 5.92 Å². The number of hydrogen-bond acceptors (Lipinski definition) is 1. The number of rotatable bonds is 0. The Labute approximate surface area is 59.7 Å². The first-order chi connectivity index (χ1) is 4.86. The number of nitrogens with zero attached hydrogens (tertiary/aromatic N) is 1. The van der Waals surface area contributed by atoms with Crippen LogP contribution in [0.25, 0.3) is 12.2 Å². The molecule has 1 heterocycles. The van der Waals surface area contributed by atoms with Gasteiger partial charge in [-0.3, -0.25) is 4.98 Å². The van der Waals surface area contributed by atoms with E-state index in [0.717, 1.165) is 5.35 Å². The van der Waals surface area contributed by atoms with E-state index in [1.807, 2.05) is 12.3 Å². The molecule has 0 N–H and O–H groups in total. The van der Waals surface area contributed by atoms with Gasteiger partial charge in [0.2, 0.25) is 0 Å². The van der Waals surface area contributed by atoms with Crippen molar-refractivity contribution in [3.63, 3.8) is 0 Å². The fraction of sp³-hybridized carbons (Fsp3) is 0.222. The summed E-state index contributed by atoms with van der Waals surface area (Å²) in [7, 11) is 0. The fourth-order valence-corrected chi connectivity index (χ4v) is 1.29. The third-order valence-corrected chi connectivity index (χ3v) is 1.73. The Morgan fingerprint density at radius 3 is 3.10 bits per heavy atom. The third-order valence-electron chi connectivity index (χ3n) is 1.73. The first kappa shape index (κ1) is 5.66. The summed E-state index contributed by atoms with van der Waals surface area (Å²) in [5.41, 5.74) is 0. The molecule has 1 aliphatic carbocycles. The van der Waals surface area contributed by atoms with Crippen LogP contribution in [0.5, 0.6) is 0 Å². The summed E-state index contributed by atoms with van der Waals surface area (Å²) in [5, 5.41) is 2.41. The highest BCUT2D eigenvalue weighted by Crippen LogP contribution is 1.99. The predicted octanol–water partition coefficient (Wildman–Crippen LogP) is 0.292. The summed E-state index contributed by atoms with van der Waals surface area (Å²) < 4.78 is 0. The molecule has 2 rings (SSSR count). The summed E-state index contributed by atoms with van der Waals surface area (Å²) >= 11 is 0. The van der Waals surface area contributed by atoms with Gasteiger partial charge in [-0.05, 0) is 17.2 Å². The summed E-state index contributed by atoms with van der Waals surface area (Å²) in [4.78, 5) is 4.22. The Balaban J connectivity index is 2.83. The van der Waals surface area contributed by atoms with Crippen LogP contribution >= 0.6 is 0 Å². The van der Waals surface area contributed by atoms with Crippen LogP contribution in [0.2, 0.25) is 0 Å². The molecule has 1 unspecified atom stereocenters. The maximum atomic E-state index is 4.22. The van der Waals surface area contributed by atoms with Crippen LogP contribution in [0.3, 0.4) is 0 Å². The first-order valence-electron chi connectivity index (χ1n) is 3.51. The van der Waals surface area contributed by atoms with E-state index in [9.17, 15) is 0 Å². The molecule has 0 bridgehead atoms. The van der Waals surface area contributed by atoms with E-state index in [-0.39, 0.29) is 0 Å². The van der Waals surface area contributed by atoms with E-state index in [1.165, 1.54) is 5.22 Å². The molecule has 0 aliphatic heterocycles. The van der Waals surface area contributed by atoms with Gasteiger partial charge < -0.3 is 0 Å². The summed E-state index contributed by atoms with van der Waals surface area (Å²) in [6, 6.07) is 4.07. The molecular weight excluding hydrogens is 122 g/mol. The van der Waals surface area contributed by atoms with Crippen LogP contribution in [0.1, 0.15) is 6.92 Å². The monoisotopic (exact) mass is 131 g/mol. The standard InChI is InChI=1S/C9H9N/c1-7-5-8-3-2-4-10-9(8)6-7/h2-7H,1H3. The summed E-state index contributed by atoms with van der Waals surface area (Å²) in [5.74, 6) is 0.560. The Hall–Kier alpha value is -1.11. The maximum absolute atomic E-state index is 4.22. The zero-order valence-electron chi connectivity index (χ0n) is 5.91. The average molecular weight is 131 g/mol. The zero-order valence-corrected chi connectivity index (χ0v) is 5.91. The van der Waals surface area contributed by atoms with Crippen molar-refractivity contribution in [3.8, 4) is 0 Å². The SMILES string of the molecule is CC1C=c2cccnc2=C1. The van der Waals surface area contributed by atoms with Crippen LogP contribution in [0.15, 0.2) is 18.3 Å². The molecule has 1 aromatic rings. The second-order valence-electron chi connectivity index (χ2n) is 2.67. The average Bonchev–Trinajstić information content (AvgIpc) is 2.27. The quantitative estimate of drug-likeness (QED) is 0.493. The molecule has 0 saturated heterocycles. The van der Waals surface area contributed by atoms with Gasteiger partial charge in [-0.1, -0.05) is 25.1 Å². The number of pyridine rings is 1. The minimum Gasteiger partial charge on any atom is -0.257 e. The zero-order chi connectivity index (χ0) is 6.97. The van der Waals surface area contributed by atoms with Crippen molar-refractivity contribution in [2.75, 3.05) is 0 Å². The molecule has 0 spiro atoms. The molecule has 1 atom stereocenters. The van der Waals surface area contributed by atoms with Gasteiger partial charge in [0.25, 0.3) is 0 Å². The van der Waals surface area contributed by atoms with E-state index in [2.05, 4.69) is 30.1 Å². The molecule has 0 saturated carbocycles. The molecule has 0 aromatic carbocycles. The number of fused-ring (bicyclic) bond motifs is 1. The Bertz CT molecular complexity index is 316. The van der Waals surface area contributed by atoms with Crippen molar-refractivity contribution in [2.24, 2.45) is 5.92 Å². The molecule has 1 aromatic heterocycles. The molecule has 1 aliphatic rings. The molecule has 1 heteroatoms. The van der Waals surface area contributed by atoms with Crippen molar-refractivity contribution in [1.82, 2.24) is 4.98 Å². The van der Waals surface area contributed by atoms with Gasteiger partial charge >= 0.3 is 0 Å². The lowest BCUT2D eigenvalue weighted by atomic mass is 10.2. The molecule has 10 heavy (non-hydrogen) atoms. The largest absolute Gasteiger partial charge is 0.257 e. The van der Waals surface area contributed by atoms with Gasteiger partial charge in [-0.15, -0.1) is 0 Å². The van der Waals surface area contributed by atoms with E-state index in [0.29, 0.717) is 5.92 Å². The topological polar surface area (TPSA) is 12.9 Å². The smallest absolute Gasteiger partial charge is 0.0664 e. The highest BCUT2D eigenvalue weighted by molar-refractivity contribution is 5.47. The lowest BCUT2D eigenvalue weighted by Crippen LogP contribution is -2.23. The highest BCUT2D eigenvalue weighted by Gasteiger charge is 1.99. The Morgan fingerprint density at radius 1 is 1.40 bits per heavy atom. The van der Waals surface area contributed by atoms with Crippen LogP contribution < -0.4 is 10.6 Å². The molecular formula is C9H9N. The van der Waals surface area contributed by atoms with Gasteiger partial charge in [0.1, 0.15) is 0 Å². The molecule has 0 radical (unpaired) electrons. The van der Waals surface area contributed by atoms with Crippen LogP contribution in [-0.2, 0) is 0 Å². The van der Waals surface area contributed by atoms with Gasteiger partial charge in [-0.25, -0.2) is 0 Å². The summed E-state index contributed by atoms with van der Waals surface area (Å²) in [6.45, 7) is 2.17. The summed E-state index contributed by atoms with van der Waals surface area (Å²) in [6.07, 6.45) is 6.24. The van der Waals surface area contributed by atoms with Gasteiger partial charge in [-0.2, -0.15) is 0 Å². The minimum absolute atomic E-state index is 0.560. The lowest BCUT2D eigenvalue weighted by Gasteiger charge is -1.84. The molecule has 1 nitrogen and oxygen atoms in total. The van der Waals surface area contributed by atoms with Crippen LogP contribution in [-0.4, -0.2) is 4.98 Å². The highest BCUT2D eigenvalue weighted by atomic mass is 14.6. The Morgan fingerprint density at radius 2 is 2.30 bits per heavy atom. The Kier molecular flexibility index (Phi) is 1.10. The minimum atomic E-state index is 0.560. The number of aromatic nitrogens is 1. The van der Waals surface area contributed by atoms with E-state index < -0.39 is 0 Å². The fourth-order valence-electron chi connectivity index (χ4n) is 1.29. The maximum Gasteiger partial charge on any atom is 0.0664 e. The lowest BCUT2D eigenvalue weighted by molar-refractivity contribution is 1.07. The molecule has 0 amide bonds.